The number of thiophene rings is 1. The molecular formula is C9H6Cl2OS. The highest BCUT2D eigenvalue weighted by atomic mass is 35.5. The zero-order valence-corrected chi connectivity index (χ0v) is 8.88. The van der Waals surface area contributed by atoms with Crippen LogP contribution >= 0.6 is 34.5 Å². The molecule has 0 saturated carbocycles. The van der Waals surface area contributed by atoms with E-state index in [0.717, 1.165) is 10.1 Å². The Kier molecular flexibility index (Phi) is 2.47. The first-order chi connectivity index (χ1) is 6.24. The summed E-state index contributed by atoms with van der Waals surface area (Å²) in [6.07, 6.45) is 0. The Morgan fingerprint density at radius 3 is 2.85 bits per heavy atom. The molecule has 0 radical (unpaired) electrons. The first-order valence-electron chi connectivity index (χ1n) is 3.69. The predicted octanol–water partition coefficient (Wildman–Crippen LogP) is 3.70. The van der Waals surface area contributed by atoms with Crippen molar-refractivity contribution in [3.05, 3.63) is 33.1 Å². The number of aliphatic hydroxyl groups excluding tert-OH is 1. The Morgan fingerprint density at radius 1 is 1.38 bits per heavy atom. The van der Waals surface area contributed by atoms with Gasteiger partial charge in [0.15, 0.2) is 0 Å². The number of halogens is 2. The minimum Gasteiger partial charge on any atom is -0.392 e. The molecule has 2 rings (SSSR count). The molecule has 0 amide bonds. The summed E-state index contributed by atoms with van der Waals surface area (Å²) in [7, 11) is 0. The fourth-order valence-electron chi connectivity index (χ4n) is 1.23. The lowest BCUT2D eigenvalue weighted by molar-refractivity contribution is 0.282. The van der Waals surface area contributed by atoms with Crippen LogP contribution in [0.5, 0.6) is 0 Å². The molecule has 1 nitrogen and oxygen atoms in total. The third-order valence-corrected chi connectivity index (χ3v) is 3.53. The van der Waals surface area contributed by atoms with Crippen LogP contribution < -0.4 is 0 Å². The Hall–Kier alpha value is -0.280. The van der Waals surface area contributed by atoms with Gasteiger partial charge in [0, 0.05) is 20.7 Å². The van der Waals surface area contributed by atoms with Gasteiger partial charge in [0.05, 0.1) is 11.6 Å². The van der Waals surface area contributed by atoms with Crippen molar-refractivity contribution in [1.82, 2.24) is 0 Å². The lowest BCUT2D eigenvalue weighted by Crippen LogP contribution is -1.86. The second-order valence-corrected chi connectivity index (χ2v) is 4.37. The van der Waals surface area contributed by atoms with Crippen LogP contribution in [-0.2, 0) is 6.61 Å². The zero-order chi connectivity index (χ0) is 9.42. The van der Waals surface area contributed by atoms with E-state index in [0.29, 0.717) is 15.6 Å². The second-order valence-electron chi connectivity index (χ2n) is 2.64. The van der Waals surface area contributed by atoms with Crippen molar-refractivity contribution in [1.29, 1.82) is 0 Å². The van der Waals surface area contributed by atoms with Crippen LogP contribution in [0.15, 0.2) is 17.5 Å². The first kappa shape index (κ1) is 9.28. The van der Waals surface area contributed by atoms with Gasteiger partial charge in [-0.25, -0.2) is 0 Å². The van der Waals surface area contributed by atoms with Gasteiger partial charge in [-0.1, -0.05) is 23.2 Å². The van der Waals surface area contributed by atoms with Crippen LogP contribution in [0, 0.1) is 0 Å². The normalized spacial score (nSPS) is 11.0. The molecule has 2 aromatic rings. The number of hydrogen-bond donors (Lipinski definition) is 1. The van der Waals surface area contributed by atoms with Gasteiger partial charge >= 0.3 is 0 Å². The van der Waals surface area contributed by atoms with E-state index >= 15 is 0 Å². The summed E-state index contributed by atoms with van der Waals surface area (Å²) in [5.41, 5.74) is 0.606. The number of hydrogen-bond acceptors (Lipinski definition) is 2. The minimum atomic E-state index is -0.122. The maximum atomic E-state index is 9.03. The van der Waals surface area contributed by atoms with Gasteiger partial charge < -0.3 is 5.11 Å². The summed E-state index contributed by atoms with van der Waals surface area (Å²) >= 11 is 13.6. The van der Waals surface area contributed by atoms with Crippen molar-refractivity contribution in [3.8, 4) is 0 Å². The van der Waals surface area contributed by atoms with E-state index < -0.39 is 0 Å². The first-order valence-corrected chi connectivity index (χ1v) is 5.32. The van der Waals surface area contributed by atoms with Crippen molar-refractivity contribution in [2.45, 2.75) is 6.61 Å². The lowest BCUT2D eigenvalue weighted by Gasteiger charge is -2.04. The zero-order valence-electron chi connectivity index (χ0n) is 6.55. The highest BCUT2D eigenvalue weighted by Gasteiger charge is 2.10. The van der Waals surface area contributed by atoms with Crippen LogP contribution in [0.25, 0.3) is 10.1 Å². The molecule has 13 heavy (non-hydrogen) atoms. The summed E-state index contributed by atoms with van der Waals surface area (Å²) < 4.78 is 1.05. The Labute approximate surface area is 89.5 Å². The topological polar surface area (TPSA) is 20.2 Å². The van der Waals surface area contributed by atoms with E-state index in [1.165, 1.54) is 0 Å². The number of rotatable bonds is 1. The Bertz CT molecular complexity index is 450. The largest absolute Gasteiger partial charge is 0.392 e. The number of aliphatic hydroxyl groups is 1. The van der Waals surface area contributed by atoms with Crippen LogP contribution in [0.3, 0.4) is 0 Å². The molecule has 0 aliphatic carbocycles. The summed E-state index contributed by atoms with van der Waals surface area (Å²) in [5.74, 6) is 0. The average molecular weight is 233 g/mol. The van der Waals surface area contributed by atoms with Crippen LogP contribution in [0.1, 0.15) is 5.56 Å². The smallest absolute Gasteiger partial charge is 0.0711 e. The van der Waals surface area contributed by atoms with Gasteiger partial charge in [0.25, 0.3) is 0 Å². The van der Waals surface area contributed by atoms with E-state index in [-0.39, 0.29) is 6.61 Å². The molecule has 1 heterocycles. The van der Waals surface area contributed by atoms with Crippen molar-refractivity contribution in [2.75, 3.05) is 0 Å². The van der Waals surface area contributed by atoms with E-state index in [4.69, 9.17) is 28.3 Å². The highest BCUT2D eigenvalue weighted by molar-refractivity contribution is 7.17. The Morgan fingerprint density at radius 2 is 2.15 bits per heavy atom. The van der Waals surface area contributed by atoms with Crippen molar-refractivity contribution >= 4 is 44.6 Å². The van der Waals surface area contributed by atoms with Crippen molar-refractivity contribution < 1.29 is 5.11 Å². The Balaban J connectivity index is 2.85. The van der Waals surface area contributed by atoms with Gasteiger partial charge in [-0.15, -0.1) is 11.3 Å². The molecule has 0 bridgehead atoms. The van der Waals surface area contributed by atoms with Gasteiger partial charge in [0.1, 0.15) is 0 Å². The van der Waals surface area contributed by atoms with Crippen LogP contribution in [-0.4, -0.2) is 5.11 Å². The molecule has 0 fully saturated rings. The molecule has 0 aliphatic heterocycles. The monoisotopic (exact) mass is 232 g/mol. The highest BCUT2D eigenvalue weighted by Crippen LogP contribution is 2.35. The molecular weight excluding hydrogens is 227 g/mol. The molecule has 0 saturated heterocycles. The average Bonchev–Trinajstić information content (AvgIpc) is 2.53. The molecule has 1 aromatic carbocycles. The van der Waals surface area contributed by atoms with Crippen molar-refractivity contribution in [2.24, 2.45) is 0 Å². The summed E-state index contributed by atoms with van der Waals surface area (Å²) in [5, 5.41) is 13.0. The lowest BCUT2D eigenvalue weighted by atomic mass is 10.2. The van der Waals surface area contributed by atoms with Gasteiger partial charge in [-0.2, -0.15) is 0 Å². The van der Waals surface area contributed by atoms with E-state index in [9.17, 15) is 0 Å². The second kappa shape index (κ2) is 3.46. The summed E-state index contributed by atoms with van der Waals surface area (Å²) in [6.45, 7) is -0.122. The molecule has 0 aliphatic rings. The van der Waals surface area contributed by atoms with E-state index in [2.05, 4.69) is 0 Å². The van der Waals surface area contributed by atoms with Crippen LogP contribution in [0.2, 0.25) is 10.0 Å². The van der Waals surface area contributed by atoms with Crippen LogP contribution in [0.4, 0.5) is 0 Å². The fraction of sp³-hybridized carbons (Fsp3) is 0.111. The molecule has 0 unspecified atom stereocenters. The molecule has 4 heteroatoms. The van der Waals surface area contributed by atoms with Gasteiger partial charge in [0.2, 0.25) is 0 Å². The molecule has 0 atom stereocenters. The van der Waals surface area contributed by atoms with E-state index in [1.807, 2.05) is 17.5 Å². The predicted molar refractivity (Wildman–Crippen MR) is 57.8 cm³/mol. The van der Waals surface area contributed by atoms with Crippen molar-refractivity contribution in [3.63, 3.8) is 0 Å². The fourth-order valence-corrected chi connectivity index (χ4v) is 2.82. The maximum Gasteiger partial charge on any atom is 0.0711 e. The molecule has 68 valence electrons. The van der Waals surface area contributed by atoms with Gasteiger partial charge in [-0.3, -0.25) is 0 Å². The molecule has 1 aromatic heterocycles. The minimum absolute atomic E-state index is 0.122. The maximum absolute atomic E-state index is 9.03. The summed E-state index contributed by atoms with van der Waals surface area (Å²) in [4.78, 5) is 0. The SMILES string of the molecule is OCc1c(Cl)cc2sccc2c1Cl. The number of benzene rings is 1. The standard InChI is InChI=1S/C9H6Cl2OS/c10-7-3-8-5(1-2-13-8)9(11)6(7)4-12/h1-3,12H,4H2. The number of fused-ring (bicyclic) bond motifs is 1. The third-order valence-electron chi connectivity index (χ3n) is 1.90. The third kappa shape index (κ3) is 1.44. The molecule has 1 N–H and O–H groups in total. The van der Waals surface area contributed by atoms with Gasteiger partial charge in [-0.05, 0) is 17.5 Å². The summed E-state index contributed by atoms with van der Waals surface area (Å²) in [6, 6.07) is 3.76. The quantitative estimate of drug-likeness (QED) is 0.796. The van der Waals surface area contributed by atoms with E-state index in [1.54, 1.807) is 11.3 Å². The molecule has 0 spiro atoms.